The van der Waals surface area contributed by atoms with Gasteiger partial charge in [-0.15, -0.1) is 0 Å². The first-order valence-electron chi connectivity index (χ1n) is 12.7. The molecule has 8 nitrogen and oxygen atoms in total. The summed E-state index contributed by atoms with van der Waals surface area (Å²) >= 11 is 0. The third kappa shape index (κ3) is 76.7. The summed E-state index contributed by atoms with van der Waals surface area (Å²) in [5, 5.41) is 0. The van der Waals surface area contributed by atoms with Crippen LogP contribution in [0.15, 0.2) is 0 Å². The normalized spacial score (nSPS) is 10.4. The minimum Gasteiger partial charge on any atom is -0.759 e. The zero-order chi connectivity index (χ0) is 25.8. The summed E-state index contributed by atoms with van der Waals surface area (Å²) in [7, 11) is -9.66. The minimum absolute atomic E-state index is 0. The van der Waals surface area contributed by atoms with E-state index in [1.54, 1.807) is 0 Å². The van der Waals surface area contributed by atoms with Crippen LogP contribution in [0.4, 0.5) is 0 Å². The summed E-state index contributed by atoms with van der Waals surface area (Å²) in [4.78, 5) is 0. The van der Waals surface area contributed by atoms with E-state index in [9.17, 15) is 13.0 Å². The summed E-state index contributed by atoms with van der Waals surface area (Å²) < 4.78 is 68.9. The van der Waals surface area contributed by atoms with Crippen LogP contribution in [0.5, 0.6) is 0 Å². The van der Waals surface area contributed by atoms with Crippen molar-refractivity contribution in [2.75, 3.05) is 6.61 Å². The van der Waals surface area contributed by atoms with E-state index in [2.05, 4.69) is 25.0 Å². The molecule has 204 valence electrons. The molecule has 0 atom stereocenters. The second-order valence-corrected chi connectivity index (χ2v) is 10.2. The van der Waals surface area contributed by atoms with E-state index in [0.29, 0.717) is 6.42 Å². The van der Waals surface area contributed by atoms with Gasteiger partial charge in [-0.05, 0) is 6.42 Å². The van der Waals surface area contributed by atoms with Gasteiger partial charge in [-0.3, -0.25) is 12.6 Å². The molecule has 0 aromatic rings. The van der Waals surface area contributed by atoms with Crippen LogP contribution in [0.25, 0.3) is 0 Å². The van der Waals surface area contributed by atoms with Crippen molar-refractivity contribution in [1.82, 2.24) is 0 Å². The number of hydrogen-bond donors (Lipinski definition) is 0. The van der Waals surface area contributed by atoms with Crippen LogP contribution in [-0.2, 0) is 25.0 Å². The van der Waals surface area contributed by atoms with Crippen molar-refractivity contribution in [3.8, 4) is 0 Å². The van der Waals surface area contributed by atoms with E-state index in [0.717, 1.165) is 12.8 Å². The van der Waals surface area contributed by atoms with Gasteiger partial charge in [-0.1, -0.05) is 136 Å². The fourth-order valence-electron chi connectivity index (χ4n) is 3.16. The Morgan fingerprint density at radius 3 is 0.861 bits per heavy atom. The van der Waals surface area contributed by atoms with E-state index in [1.807, 2.05) is 0 Å². The van der Waals surface area contributed by atoms with Crippen LogP contribution < -0.4 is 88.7 Å². The maximum absolute atomic E-state index is 10.2. The third-order valence-electron chi connectivity index (χ3n) is 4.93. The molecule has 0 aromatic heterocycles. The van der Waals surface area contributed by atoms with Crippen molar-refractivity contribution in [2.45, 2.75) is 143 Å². The van der Waals surface area contributed by atoms with Crippen LogP contribution in [0.2, 0.25) is 0 Å². The summed E-state index contributed by atoms with van der Waals surface area (Å²) in [5.41, 5.74) is 0. The van der Waals surface area contributed by atoms with E-state index >= 15 is 0 Å². The van der Waals surface area contributed by atoms with Crippen molar-refractivity contribution < 1.29 is 123 Å². The minimum atomic E-state index is -5.17. The molecule has 0 aromatic carbocycles. The Labute approximate surface area is 290 Å². The summed E-state index contributed by atoms with van der Waals surface area (Å²) in [6.07, 6.45) is 24.4. The molecule has 0 saturated heterocycles. The Balaban J connectivity index is -0.000000146. The number of rotatable bonds is 20. The van der Waals surface area contributed by atoms with Crippen LogP contribution in [0, 0.1) is 0 Å². The largest absolute Gasteiger partial charge is 1.00 e. The Hall–Kier alpha value is 2.74. The van der Waals surface area contributed by atoms with Crippen LogP contribution >= 0.6 is 0 Å². The molecule has 0 bridgehead atoms. The maximum Gasteiger partial charge on any atom is 1.00 e. The second-order valence-electron chi connectivity index (χ2n) is 8.30. The average molecular weight is 587 g/mol. The molecule has 0 aliphatic heterocycles. The van der Waals surface area contributed by atoms with Crippen molar-refractivity contribution in [1.29, 1.82) is 0 Å². The first-order chi connectivity index (χ1) is 15.5. The predicted molar refractivity (Wildman–Crippen MR) is 131 cm³/mol. The SMILES string of the molecule is CCCCC.CCCCCCCCCCCCCCCCCCOS(=O)(=O)[O-].O=S(=O)([O-])[O-].[Na+].[Na+].[Na+]. The van der Waals surface area contributed by atoms with E-state index in [4.69, 9.17) is 17.5 Å². The molecular formula is C23H49Na3O8S2. The van der Waals surface area contributed by atoms with Gasteiger partial charge in [-0.2, -0.15) is 0 Å². The Morgan fingerprint density at radius 1 is 0.444 bits per heavy atom. The molecule has 0 radical (unpaired) electrons. The molecule has 0 amide bonds. The smallest absolute Gasteiger partial charge is 0.759 e. The van der Waals surface area contributed by atoms with E-state index < -0.39 is 20.8 Å². The predicted octanol–water partition coefficient (Wildman–Crippen LogP) is -2.40. The molecule has 0 saturated carbocycles. The van der Waals surface area contributed by atoms with Gasteiger partial charge < -0.3 is 13.7 Å². The third-order valence-corrected chi connectivity index (χ3v) is 5.39. The fourth-order valence-corrected chi connectivity index (χ4v) is 3.49. The van der Waals surface area contributed by atoms with Crippen molar-refractivity contribution in [2.24, 2.45) is 0 Å². The van der Waals surface area contributed by atoms with Gasteiger partial charge in [-0.25, -0.2) is 8.42 Å². The van der Waals surface area contributed by atoms with Crippen molar-refractivity contribution in [3.63, 3.8) is 0 Å². The number of hydrogen-bond acceptors (Lipinski definition) is 8. The number of unbranched alkanes of at least 4 members (excludes halogenated alkanes) is 17. The monoisotopic (exact) mass is 586 g/mol. The summed E-state index contributed by atoms with van der Waals surface area (Å²) in [6.45, 7) is 6.72. The van der Waals surface area contributed by atoms with E-state index in [-0.39, 0.29) is 95.3 Å². The fraction of sp³-hybridized carbons (Fsp3) is 1.00. The first kappa shape index (κ1) is 51.5. The summed E-state index contributed by atoms with van der Waals surface area (Å²) in [6, 6.07) is 0. The molecule has 0 unspecified atom stereocenters. The Morgan fingerprint density at radius 2 is 0.667 bits per heavy atom. The van der Waals surface area contributed by atoms with Crippen LogP contribution in [0.1, 0.15) is 143 Å². The zero-order valence-electron chi connectivity index (χ0n) is 24.2. The molecule has 0 rings (SSSR count). The van der Waals surface area contributed by atoms with Crippen LogP contribution in [-0.4, -0.2) is 37.1 Å². The van der Waals surface area contributed by atoms with Crippen LogP contribution in [0.3, 0.4) is 0 Å². The molecule has 0 heterocycles. The topological polar surface area (TPSA) is 147 Å². The first-order valence-corrected chi connectivity index (χ1v) is 15.4. The Kier molecular flexibility index (Phi) is 57.0. The molecule has 0 N–H and O–H groups in total. The van der Waals surface area contributed by atoms with Crippen molar-refractivity contribution >= 4 is 20.8 Å². The van der Waals surface area contributed by atoms with Gasteiger partial charge in [0.15, 0.2) is 0 Å². The van der Waals surface area contributed by atoms with Crippen molar-refractivity contribution in [3.05, 3.63) is 0 Å². The van der Waals surface area contributed by atoms with Gasteiger partial charge in [0, 0.05) is 10.4 Å². The molecule has 0 fully saturated rings. The molecule has 0 aliphatic carbocycles. The van der Waals surface area contributed by atoms with Gasteiger partial charge in [0.1, 0.15) is 0 Å². The van der Waals surface area contributed by atoms with E-state index in [1.165, 1.54) is 103 Å². The molecule has 0 spiro atoms. The maximum atomic E-state index is 10.2. The molecule has 13 heteroatoms. The van der Waals surface area contributed by atoms with Gasteiger partial charge >= 0.3 is 88.7 Å². The van der Waals surface area contributed by atoms with Gasteiger partial charge in [0.05, 0.1) is 6.61 Å². The second kappa shape index (κ2) is 39.9. The van der Waals surface area contributed by atoms with Gasteiger partial charge in [0.25, 0.3) is 0 Å². The molecular weight excluding hydrogens is 537 g/mol. The zero-order valence-corrected chi connectivity index (χ0v) is 31.9. The summed E-state index contributed by atoms with van der Waals surface area (Å²) in [5.74, 6) is 0. The average Bonchev–Trinajstić information content (AvgIpc) is 2.69. The quantitative estimate of drug-likeness (QED) is 0.0664. The Bertz CT molecular complexity index is 568. The standard InChI is InChI=1S/C18H38O4S.C5H12.3Na.H2O4S/c1-2-3-4-5-6-7-8-9-10-11-12-13-14-15-16-17-18-22-23(19,20)21;1-3-5-4-2;;;;1-5(2,3)4/h2-18H2,1H3,(H,19,20,21);3-5H2,1-2H3;;;;(H2,1,2,3,4)/q;;3*+1;/p-3. The molecule has 0 aliphatic rings. The molecule has 36 heavy (non-hydrogen) atoms. The van der Waals surface area contributed by atoms with Gasteiger partial charge in [0.2, 0.25) is 10.4 Å².